The van der Waals surface area contributed by atoms with Crippen LogP contribution in [-0.4, -0.2) is 21.1 Å². The molecule has 0 spiro atoms. The highest BCUT2D eigenvalue weighted by Crippen LogP contribution is 2.14. The van der Waals surface area contributed by atoms with Crippen molar-refractivity contribution in [3.63, 3.8) is 0 Å². The Kier molecular flexibility index (Phi) is 3.74. The van der Waals surface area contributed by atoms with E-state index in [2.05, 4.69) is 0 Å². The van der Waals surface area contributed by atoms with Crippen LogP contribution in [0.2, 0.25) is 0 Å². The van der Waals surface area contributed by atoms with E-state index in [9.17, 15) is 8.78 Å². The minimum atomic E-state index is -0.515. The minimum Gasteiger partial charge on any atom is -0.490 e. The molecule has 0 amide bonds. The highest BCUT2D eigenvalue weighted by Gasteiger charge is 2.01. The van der Waals surface area contributed by atoms with Crippen molar-refractivity contribution in [1.82, 2.24) is 0 Å². The molecule has 1 rings (SSSR count). The predicted molar refractivity (Wildman–Crippen MR) is 47.9 cm³/mol. The van der Waals surface area contributed by atoms with Gasteiger partial charge in [-0.1, -0.05) is 11.5 Å². The van der Waals surface area contributed by atoms with E-state index >= 15 is 0 Å². The van der Waals surface area contributed by atoms with Crippen LogP contribution in [0.3, 0.4) is 0 Å². The quantitative estimate of drug-likeness (QED) is 0.504. The molecule has 0 aliphatic rings. The molecular weight excluding hydrogens is 173 g/mol. The number of hydrogen-bond donors (Lipinski definition) is 0. The van der Waals surface area contributed by atoms with Crippen LogP contribution in [0, 0.1) is 5.82 Å². The smallest absolute Gasteiger partial charge is 0.164 e. The lowest BCUT2D eigenvalue weighted by atomic mass is 9.96. The first-order valence-corrected chi connectivity index (χ1v) is 3.98. The van der Waals surface area contributed by atoms with Crippen molar-refractivity contribution in [3.8, 4) is 5.75 Å². The zero-order chi connectivity index (χ0) is 9.68. The normalized spacial score (nSPS) is 10.0. The fourth-order valence-corrected chi connectivity index (χ4v) is 0.871. The second kappa shape index (κ2) is 4.85. The van der Waals surface area contributed by atoms with Gasteiger partial charge in [-0.05, 0) is 12.1 Å². The lowest BCUT2D eigenvalue weighted by Gasteiger charge is -2.06. The van der Waals surface area contributed by atoms with Gasteiger partial charge in [-0.2, -0.15) is 0 Å². The van der Waals surface area contributed by atoms with Crippen LogP contribution < -0.4 is 10.2 Å². The van der Waals surface area contributed by atoms with Gasteiger partial charge in [0.05, 0.1) is 13.3 Å². The molecular formula is C9H9BF2O. The van der Waals surface area contributed by atoms with E-state index < -0.39 is 12.5 Å². The number of benzene rings is 1. The maximum atomic E-state index is 13.0. The third-order valence-electron chi connectivity index (χ3n) is 1.49. The zero-order valence-corrected chi connectivity index (χ0v) is 7.09. The van der Waals surface area contributed by atoms with Gasteiger partial charge in [0.25, 0.3) is 0 Å². The molecule has 0 aliphatic carbocycles. The summed E-state index contributed by atoms with van der Waals surface area (Å²) in [6.07, 6.45) is 0.268. The first-order valence-electron chi connectivity index (χ1n) is 3.98. The molecule has 1 aromatic carbocycles. The maximum absolute atomic E-state index is 13.0. The summed E-state index contributed by atoms with van der Waals surface area (Å²) in [7, 11) is 5.33. The average Bonchev–Trinajstić information content (AvgIpc) is 2.09. The number of ether oxygens (including phenoxy) is 1. The lowest BCUT2D eigenvalue weighted by Crippen LogP contribution is -2.05. The predicted octanol–water partition coefficient (Wildman–Crippen LogP) is 1.36. The topological polar surface area (TPSA) is 9.23 Å². The van der Waals surface area contributed by atoms with Crippen molar-refractivity contribution >= 4 is 13.3 Å². The second-order valence-electron chi connectivity index (χ2n) is 2.58. The van der Waals surface area contributed by atoms with Crippen LogP contribution in [0.5, 0.6) is 5.75 Å². The van der Waals surface area contributed by atoms with Crippen molar-refractivity contribution in [2.24, 2.45) is 0 Å². The molecule has 0 atom stereocenters. The second-order valence-corrected chi connectivity index (χ2v) is 2.58. The number of rotatable bonds is 4. The molecule has 0 fully saturated rings. The molecule has 0 aliphatic heterocycles. The first-order chi connectivity index (χ1) is 6.24. The molecule has 0 heterocycles. The Hall–Kier alpha value is -1.06. The van der Waals surface area contributed by atoms with Crippen molar-refractivity contribution in [2.75, 3.05) is 13.3 Å². The van der Waals surface area contributed by atoms with Crippen molar-refractivity contribution < 1.29 is 13.5 Å². The Morgan fingerprint density at radius 1 is 1.38 bits per heavy atom. The van der Waals surface area contributed by atoms with Gasteiger partial charge in [0.1, 0.15) is 7.85 Å². The highest BCUT2D eigenvalue weighted by molar-refractivity contribution is 6.32. The van der Waals surface area contributed by atoms with Crippen LogP contribution in [0.15, 0.2) is 18.2 Å². The van der Waals surface area contributed by atoms with Crippen LogP contribution in [0.25, 0.3) is 0 Å². The molecule has 0 saturated carbocycles. The summed E-state index contributed by atoms with van der Waals surface area (Å²) in [4.78, 5) is 0. The molecule has 0 saturated heterocycles. The van der Waals surface area contributed by atoms with E-state index in [0.717, 1.165) is 0 Å². The summed E-state index contributed by atoms with van der Waals surface area (Å²) >= 11 is 0. The van der Waals surface area contributed by atoms with Crippen LogP contribution in [0.4, 0.5) is 8.78 Å². The Bertz CT molecular complexity index is 278. The standard InChI is InChI=1S/C9H9BF2O/c10-7-2-3-9(8(12)6-7)13-5-1-4-11/h2-3,6H,1,4-5H2. The van der Waals surface area contributed by atoms with Gasteiger partial charge >= 0.3 is 0 Å². The molecule has 0 bridgehead atoms. The number of hydrogen-bond acceptors (Lipinski definition) is 1. The van der Waals surface area contributed by atoms with E-state index in [0.29, 0.717) is 5.46 Å². The summed E-state index contributed by atoms with van der Waals surface area (Å²) in [5.41, 5.74) is 0.343. The fourth-order valence-electron chi connectivity index (χ4n) is 0.871. The lowest BCUT2D eigenvalue weighted by molar-refractivity contribution is 0.277. The zero-order valence-electron chi connectivity index (χ0n) is 7.09. The van der Waals surface area contributed by atoms with Crippen LogP contribution in [-0.2, 0) is 0 Å². The molecule has 13 heavy (non-hydrogen) atoms. The van der Waals surface area contributed by atoms with Gasteiger partial charge < -0.3 is 4.74 Å². The minimum absolute atomic E-state index is 0.114. The number of alkyl halides is 1. The van der Waals surface area contributed by atoms with Gasteiger partial charge in [0.15, 0.2) is 11.6 Å². The van der Waals surface area contributed by atoms with E-state index in [1.54, 1.807) is 0 Å². The summed E-state index contributed by atoms with van der Waals surface area (Å²) in [6.45, 7) is -0.284. The average molecular weight is 182 g/mol. The number of halogens is 2. The molecule has 0 unspecified atom stereocenters. The summed E-state index contributed by atoms with van der Waals surface area (Å²) in [5.74, 6) is -0.401. The Morgan fingerprint density at radius 3 is 2.77 bits per heavy atom. The maximum Gasteiger partial charge on any atom is 0.164 e. The van der Waals surface area contributed by atoms with E-state index in [1.165, 1.54) is 18.2 Å². The van der Waals surface area contributed by atoms with Gasteiger partial charge in [-0.3, -0.25) is 4.39 Å². The van der Waals surface area contributed by atoms with E-state index in [1.807, 2.05) is 0 Å². The molecule has 2 radical (unpaired) electrons. The Morgan fingerprint density at radius 2 is 2.15 bits per heavy atom. The fraction of sp³-hybridized carbons (Fsp3) is 0.333. The highest BCUT2D eigenvalue weighted by atomic mass is 19.1. The van der Waals surface area contributed by atoms with Crippen molar-refractivity contribution in [3.05, 3.63) is 24.0 Å². The van der Waals surface area contributed by atoms with Gasteiger partial charge in [0.2, 0.25) is 0 Å². The van der Waals surface area contributed by atoms with E-state index in [-0.39, 0.29) is 18.8 Å². The summed E-state index contributed by atoms with van der Waals surface area (Å²) in [5, 5.41) is 0. The van der Waals surface area contributed by atoms with Crippen LogP contribution in [0.1, 0.15) is 6.42 Å². The third-order valence-corrected chi connectivity index (χ3v) is 1.49. The van der Waals surface area contributed by atoms with Gasteiger partial charge in [-0.15, -0.1) is 0 Å². The monoisotopic (exact) mass is 182 g/mol. The third kappa shape index (κ3) is 3.05. The van der Waals surface area contributed by atoms with E-state index in [4.69, 9.17) is 12.6 Å². The molecule has 68 valence electrons. The van der Waals surface area contributed by atoms with Crippen molar-refractivity contribution in [2.45, 2.75) is 6.42 Å². The molecule has 4 heteroatoms. The molecule has 0 aromatic heterocycles. The summed E-state index contributed by atoms with van der Waals surface area (Å²) in [6, 6.07) is 4.14. The SMILES string of the molecule is [B]c1ccc(OCCCF)c(F)c1. The molecule has 1 aromatic rings. The Balaban J connectivity index is 2.56. The van der Waals surface area contributed by atoms with Crippen LogP contribution >= 0.6 is 0 Å². The van der Waals surface area contributed by atoms with Gasteiger partial charge in [0, 0.05) is 6.42 Å². The first kappa shape index (κ1) is 10.0. The molecule has 0 N–H and O–H groups in total. The molecule has 1 nitrogen and oxygen atoms in total. The Labute approximate surface area is 77.1 Å². The largest absolute Gasteiger partial charge is 0.490 e. The van der Waals surface area contributed by atoms with Crippen molar-refractivity contribution in [1.29, 1.82) is 0 Å². The summed E-state index contributed by atoms with van der Waals surface area (Å²) < 4.78 is 29.6. The van der Waals surface area contributed by atoms with Gasteiger partial charge in [-0.25, -0.2) is 4.39 Å².